The topological polar surface area (TPSA) is 88.3 Å². The van der Waals surface area contributed by atoms with Crippen molar-refractivity contribution in [1.29, 1.82) is 0 Å². The van der Waals surface area contributed by atoms with Crippen LogP contribution in [0.2, 0.25) is 0 Å². The summed E-state index contributed by atoms with van der Waals surface area (Å²) in [5, 5.41) is 6.73. The van der Waals surface area contributed by atoms with Crippen molar-refractivity contribution in [2.45, 2.75) is 38.3 Å². The number of aromatic nitrogens is 2. The molecule has 0 spiro atoms. The molecule has 1 aliphatic carbocycles. The number of morpholine rings is 1. The lowest BCUT2D eigenvalue weighted by molar-refractivity contribution is 0.0342. The lowest BCUT2D eigenvalue weighted by Gasteiger charge is -2.26. The van der Waals surface area contributed by atoms with E-state index >= 15 is 0 Å². The third-order valence-corrected chi connectivity index (χ3v) is 5.23. The number of anilines is 4. The lowest BCUT2D eigenvalue weighted by atomic mass is 10.2. The molecule has 7 heteroatoms. The minimum Gasteiger partial charge on any atom is -0.394 e. The summed E-state index contributed by atoms with van der Waals surface area (Å²) in [4.78, 5) is 11.3. The quantitative estimate of drug-likeness (QED) is 0.722. The van der Waals surface area contributed by atoms with Crippen molar-refractivity contribution < 1.29 is 4.74 Å². The van der Waals surface area contributed by atoms with Gasteiger partial charge in [-0.3, -0.25) is 4.90 Å². The molecule has 0 bridgehead atoms. The summed E-state index contributed by atoms with van der Waals surface area (Å²) in [6.07, 6.45) is 6.56. The number of hydrogen-bond donors (Lipinski definition) is 3. The normalized spacial score (nSPS) is 18.5. The molecule has 1 aromatic carbocycles. The van der Waals surface area contributed by atoms with Gasteiger partial charge in [-0.1, -0.05) is 25.0 Å². The molecule has 144 valence electrons. The highest BCUT2D eigenvalue weighted by Gasteiger charge is 2.17. The van der Waals surface area contributed by atoms with Gasteiger partial charge >= 0.3 is 0 Å². The first kappa shape index (κ1) is 18.0. The van der Waals surface area contributed by atoms with Crippen LogP contribution in [0.1, 0.15) is 31.2 Å². The van der Waals surface area contributed by atoms with E-state index in [0.717, 1.165) is 44.4 Å². The highest BCUT2D eigenvalue weighted by atomic mass is 16.5. The van der Waals surface area contributed by atoms with Crippen molar-refractivity contribution in [2.75, 3.05) is 42.7 Å². The van der Waals surface area contributed by atoms with Crippen LogP contribution >= 0.6 is 0 Å². The van der Waals surface area contributed by atoms with Crippen molar-refractivity contribution in [3.8, 4) is 0 Å². The van der Waals surface area contributed by atoms with Crippen LogP contribution in [0, 0.1) is 0 Å². The molecule has 2 aromatic rings. The van der Waals surface area contributed by atoms with Crippen LogP contribution in [-0.4, -0.2) is 47.2 Å². The van der Waals surface area contributed by atoms with Crippen molar-refractivity contribution in [2.24, 2.45) is 0 Å². The number of benzene rings is 1. The Hall–Kier alpha value is -2.38. The molecule has 2 aliphatic rings. The molecular formula is C20H28N6O. The van der Waals surface area contributed by atoms with E-state index < -0.39 is 0 Å². The van der Waals surface area contributed by atoms with Gasteiger partial charge in [-0.05, 0) is 30.5 Å². The number of nitrogens with two attached hydrogens (primary N) is 1. The Morgan fingerprint density at radius 1 is 1.11 bits per heavy atom. The van der Waals surface area contributed by atoms with E-state index in [4.69, 9.17) is 10.5 Å². The summed E-state index contributed by atoms with van der Waals surface area (Å²) in [7, 11) is 0. The number of rotatable bonds is 6. The number of nitrogens with zero attached hydrogens (tertiary/aromatic N) is 3. The molecular weight excluding hydrogens is 340 g/mol. The van der Waals surface area contributed by atoms with E-state index in [0.29, 0.717) is 17.7 Å². The zero-order valence-corrected chi connectivity index (χ0v) is 15.7. The minimum absolute atomic E-state index is 0.467. The van der Waals surface area contributed by atoms with Gasteiger partial charge in [0.2, 0.25) is 5.95 Å². The van der Waals surface area contributed by atoms with Crippen molar-refractivity contribution in [1.82, 2.24) is 14.9 Å². The lowest BCUT2D eigenvalue weighted by Crippen LogP contribution is -2.35. The van der Waals surface area contributed by atoms with E-state index in [1.807, 2.05) is 0 Å². The number of hydrogen-bond acceptors (Lipinski definition) is 7. The second-order valence-corrected chi connectivity index (χ2v) is 7.33. The second-order valence-electron chi connectivity index (χ2n) is 7.33. The van der Waals surface area contributed by atoms with Gasteiger partial charge in [0.05, 0.1) is 25.1 Å². The molecule has 27 heavy (non-hydrogen) atoms. The van der Waals surface area contributed by atoms with Crippen LogP contribution in [0.15, 0.2) is 30.5 Å². The van der Waals surface area contributed by atoms with E-state index in [-0.39, 0.29) is 0 Å². The highest BCUT2D eigenvalue weighted by Crippen LogP contribution is 2.25. The third-order valence-electron chi connectivity index (χ3n) is 5.23. The fraction of sp³-hybridized carbons (Fsp3) is 0.500. The standard InChI is InChI=1S/C20H28N6O/c21-18-13-22-20(25-19(18)23-16-3-1-2-4-16)24-17-7-5-15(6-8-17)14-26-9-11-27-12-10-26/h5-8,13,16H,1-4,9-12,14,21H2,(H2,22,23,24,25). The van der Waals surface area contributed by atoms with Gasteiger partial charge in [0.15, 0.2) is 5.82 Å². The largest absolute Gasteiger partial charge is 0.394 e. The first-order valence-electron chi connectivity index (χ1n) is 9.81. The molecule has 4 rings (SSSR count). The smallest absolute Gasteiger partial charge is 0.229 e. The van der Waals surface area contributed by atoms with Crippen molar-refractivity contribution in [3.63, 3.8) is 0 Å². The first-order chi connectivity index (χ1) is 13.3. The predicted octanol–water partition coefficient (Wildman–Crippen LogP) is 2.99. The monoisotopic (exact) mass is 368 g/mol. The van der Waals surface area contributed by atoms with E-state index in [1.165, 1.54) is 31.2 Å². The van der Waals surface area contributed by atoms with E-state index in [2.05, 4.69) is 49.8 Å². The Bertz CT molecular complexity index is 739. The van der Waals surface area contributed by atoms with Crippen LogP contribution in [0.5, 0.6) is 0 Å². The molecule has 0 atom stereocenters. The Kier molecular flexibility index (Phi) is 5.69. The van der Waals surface area contributed by atoms with Gasteiger partial charge in [0, 0.05) is 31.4 Å². The molecule has 1 aliphatic heterocycles. The maximum Gasteiger partial charge on any atom is 0.229 e. The van der Waals surface area contributed by atoms with Crippen molar-refractivity contribution >= 4 is 23.1 Å². The number of nitrogens with one attached hydrogen (secondary N) is 2. The number of nitrogen functional groups attached to an aromatic ring is 1. The van der Waals surface area contributed by atoms with Crippen LogP contribution in [0.25, 0.3) is 0 Å². The van der Waals surface area contributed by atoms with Crippen LogP contribution < -0.4 is 16.4 Å². The zero-order valence-electron chi connectivity index (χ0n) is 15.7. The van der Waals surface area contributed by atoms with Crippen molar-refractivity contribution in [3.05, 3.63) is 36.0 Å². The summed E-state index contributed by atoms with van der Waals surface area (Å²) in [6, 6.07) is 8.90. The molecule has 2 heterocycles. The Morgan fingerprint density at radius 2 is 1.85 bits per heavy atom. The summed E-state index contributed by atoms with van der Waals surface area (Å²) in [5.74, 6) is 1.29. The van der Waals surface area contributed by atoms with Gasteiger partial charge in [-0.25, -0.2) is 4.98 Å². The minimum atomic E-state index is 0.467. The fourth-order valence-electron chi connectivity index (χ4n) is 3.67. The summed E-state index contributed by atoms with van der Waals surface area (Å²) >= 11 is 0. The Balaban J connectivity index is 1.38. The number of ether oxygens (including phenoxy) is 1. The molecule has 1 saturated heterocycles. The second kappa shape index (κ2) is 8.54. The van der Waals surface area contributed by atoms with Gasteiger partial charge in [-0.2, -0.15) is 4.98 Å². The maximum atomic E-state index is 6.04. The zero-order chi connectivity index (χ0) is 18.5. The SMILES string of the molecule is Nc1cnc(Nc2ccc(CN3CCOCC3)cc2)nc1NC1CCCC1. The molecule has 4 N–H and O–H groups in total. The summed E-state index contributed by atoms with van der Waals surface area (Å²) < 4.78 is 5.40. The van der Waals surface area contributed by atoms with Crippen LogP contribution in [0.3, 0.4) is 0 Å². The predicted molar refractivity (Wildman–Crippen MR) is 108 cm³/mol. The molecule has 1 saturated carbocycles. The first-order valence-corrected chi connectivity index (χ1v) is 9.81. The summed E-state index contributed by atoms with van der Waals surface area (Å²) in [5.41, 5.74) is 8.90. The highest BCUT2D eigenvalue weighted by molar-refractivity contribution is 5.64. The Labute approximate surface area is 160 Å². The van der Waals surface area contributed by atoms with Gasteiger partial charge in [0.1, 0.15) is 0 Å². The average molecular weight is 368 g/mol. The van der Waals surface area contributed by atoms with Gasteiger partial charge in [-0.15, -0.1) is 0 Å². The Morgan fingerprint density at radius 3 is 2.59 bits per heavy atom. The van der Waals surface area contributed by atoms with Crippen LogP contribution in [0.4, 0.5) is 23.1 Å². The molecule has 2 fully saturated rings. The van der Waals surface area contributed by atoms with E-state index in [1.54, 1.807) is 6.20 Å². The van der Waals surface area contributed by atoms with E-state index in [9.17, 15) is 0 Å². The van der Waals surface area contributed by atoms with Gasteiger partial charge in [0.25, 0.3) is 0 Å². The molecule has 0 amide bonds. The summed E-state index contributed by atoms with van der Waals surface area (Å²) in [6.45, 7) is 4.60. The molecule has 0 unspecified atom stereocenters. The molecule has 1 aromatic heterocycles. The third kappa shape index (κ3) is 4.87. The molecule has 0 radical (unpaired) electrons. The van der Waals surface area contributed by atoms with Crippen LogP contribution in [-0.2, 0) is 11.3 Å². The average Bonchev–Trinajstić information content (AvgIpc) is 3.20. The maximum absolute atomic E-state index is 6.04. The fourth-order valence-corrected chi connectivity index (χ4v) is 3.67. The van der Waals surface area contributed by atoms with Gasteiger partial charge < -0.3 is 21.1 Å². The molecule has 7 nitrogen and oxygen atoms in total.